The first-order chi connectivity index (χ1) is 16.3. The van der Waals surface area contributed by atoms with Gasteiger partial charge in [-0.05, 0) is 49.6 Å². The zero-order valence-corrected chi connectivity index (χ0v) is 22.2. The molecule has 0 aromatic heterocycles. The Morgan fingerprint density at radius 2 is 1.66 bits per heavy atom. The molecule has 8 nitrogen and oxygen atoms in total. The average Bonchev–Trinajstić information content (AvgIpc) is 2.79. The average molecular weight is 522 g/mol. The summed E-state index contributed by atoms with van der Waals surface area (Å²) in [6.45, 7) is 6.89. The largest absolute Gasteiger partial charge is 0.354 e. The maximum absolute atomic E-state index is 13.5. The first-order valence-corrected chi connectivity index (χ1v) is 13.4. The molecule has 2 rings (SSSR count). The first-order valence-electron chi connectivity index (χ1n) is 11.2. The Kier molecular flexibility index (Phi) is 9.85. The van der Waals surface area contributed by atoms with Crippen LogP contribution in [0.25, 0.3) is 0 Å². The molecule has 1 atom stereocenters. The molecule has 0 fully saturated rings. The van der Waals surface area contributed by atoms with Crippen molar-refractivity contribution in [2.45, 2.75) is 40.3 Å². The van der Waals surface area contributed by atoms with Crippen molar-refractivity contribution in [1.29, 1.82) is 0 Å². The third-order valence-electron chi connectivity index (χ3n) is 5.34. The number of nitrogens with zero attached hydrogens (tertiary/aromatic N) is 2. The van der Waals surface area contributed by atoms with E-state index in [1.165, 1.54) is 24.0 Å². The number of Topliss-reactive ketones (excluding diaryl/α,β-unsaturated/α-hetero) is 1. The van der Waals surface area contributed by atoms with Gasteiger partial charge >= 0.3 is 0 Å². The van der Waals surface area contributed by atoms with Gasteiger partial charge < -0.3 is 10.2 Å². The van der Waals surface area contributed by atoms with Crippen LogP contribution in [0.5, 0.6) is 0 Å². The summed E-state index contributed by atoms with van der Waals surface area (Å²) in [5.41, 5.74) is 1.25. The highest BCUT2D eigenvalue weighted by molar-refractivity contribution is 7.92. The van der Waals surface area contributed by atoms with E-state index in [9.17, 15) is 22.8 Å². The molecule has 0 spiro atoms. The predicted molar refractivity (Wildman–Crippen MR) is 138 cm³/mol. The molecule has 0 bridgehead atoms. The summed E-state index contributed by atoms with van der Waals surface area (Å²) in [5.74, 6) is -0.913. The van der Waals surface area contributed by atoms with Crippen molar-refractivity contribution >= 4 is 44.9 Å². The van der Waals surface area contributed by atoms with Gasteiger partial charge in [0.2, 0.25) is 21.8 Å². The topological polar surface area (TPSA) is 104 Å². The van der Waals surface area contributed by atoms with Crippen LogP contribution in [0.3, 0.4) is 0 Å². The second-order valence-electron chi connectivity index (χ2n) is 8.84. The quantitative estimate of drug-likeness (QED) is 0.456. The molecule has 2 aromatic carbocycles. The number of rotatable bonds is 11. The maximum atomic E-state index is 13.5. The number of carbonyl (C=O) groups excluding carboxylic acids is 3. The number of amides is 2. The van der Waals surface area contributed by atoms with Crippen molar-refractivity contribution in [3.05, 3.63) is 64.7 Å². The van der Waals surface area contributed by atoms with Crippen LogP contribution in [0, 0.1) is 5.92 Å². The van der Waals surface area contributed by atoms with Crippen molar-refractivity contribution in [2.75, 3.05) is 23.7 Å². The van der Waals surface area contributed by atoms with Gasteiger partial charge in [-0.1, -0.05) is 49.7 Å². The van der Waals surface area contributed by atoms with Crippen LogP contribution in [0.15, 0.2) is 48.5 Å². The summed E-state index contributed by atoms with van der Waals surface area (Å²) in [4.78, 5) is 39.5. The molecule has 0 aliphatic heterocycles. The van der Waals surface area contributed by atoms with E-state index in [0.717, 1.165) is 16.1 Å². The van der Waals surface area contributed by atoms with Crippen molar-refractivity contribution < 1.29 is 22.8 Å². The summed E-state index contributed by atoms with van der Waals surface area (Å²) >= 11 is 5.97. The molecule has 0 aliphatic carbocycles. The molecule has 1 N–H and O–H groups in total. The van der Waals surface area contributed by atoms with Crippen LogP contribution >= 0.6 is 11.6 Å². The standard InChI is InChI=1S/C25H32ClN3O5S/c1-17(2)14-27-25(32)18(3)28(15-20-9-11-22(26)12-10-20)24(31)16-29(35(5,33)34)23-8-6-7-21(13-23)19(4)30/h6-13,17-18H,14-16H2,1-5H3,(H,27,32)/t18-/m0/s1. The minimum atomic E-state index is -3.88. The Balaban J connectivity index is 2.39. The Bertz CT molecular complexity index is 1170. The van der Waals surface area contributed by atoms with E-state index in [-0.39, 0.29) is 29.8 Å². The number of ketones is 1. The van der Waals surface area contributed by atoms with Gasteiger partial charge in [-0.3, -0.25) is 18.7 Å². The maximum Gasteiger partial charge on any atom is 0.244 e. The number of hydrogen-bond donors (Lipinski definition) is 1. The van der Waals surface area contributed by atoms with Crippen molar-refractivity contribution in [3.63, 3.8) is 0 Å². The molecule has 2 amide bonds. The molecule has 0 saturated carbocycles. The zero-order chi connectivity index (χ0) is 26.3. The van der Waals surface area contributed by atoms with E-state index in [0.29, 0.717) is 17.1 Å². The highest BCUT2D eigenvalue weighted by Gasteiger charge is 2.30. The van der Waals surface area contributed by atoms with Crippen LogP contribution in [-0.2, 0) is 26.2 Å². The lowest BCUT2D eigenvalue weighted by molar-refractivity contribution is -0.139. The smallest absolute Gasteiger partial charge is 0.244 e. The fourth-order valence-electron chi connectivity index (χ4n) is 3.32. The Hall–Kier alpha value is -2.91. The second kappa shape index (κ2) is 12.2. The second-order valence-corrected chi connectivity index (χ2v) is 11.2. The molecule has 0 saturated heterocycles. The summed E-state index contributed by atoms with van der Waals surface area (Å²) in [6, 6.07) is 12.1. The Morgan fingerprint density at radius 1 is 1.03 bits per heavy atom. The molecule has 190 valence electrons. The van der Waals surface area contributed by atoms with E-state index < -0.39 is 28.5 Å². The summed E-state index contributed by atoms with van der Waals surface area (Å²) in [6.07, 6.45) is 0.989. The van der Waals surface area contributed by atoms with Gasteiger partial charge in [0.25, 0.3) is 0 Å². The monoisotopic (exact) mass is 521 g/mol. The number of nitrogens with one attached hydrogen (secondary N) is 1. The molecule has 10 heteroatoms. The lowest BCUT2D eigenvalue weighted by Crippen LogP contribution is -2.51. The molecule has 0 radical (unpaired) electrons. The van der Waals surface area contributed by atoms with Crippen LogP contribution in [0.4, 0.5) is 5.69 Å². The number of hydrogen-bond acceptors (Lipinski definition) is 5. The van der Waals surface area contributed by atoms with Crippen LogP contribution in [0.2, 0.25) is 5.02 Å². The van der Waals surface area contributed by atoms with E-state index in [4.69, 9.17) is 11.6 Å². The third kappa shape index (κ3) is 8.36. The van der Waals surface area contributed by atoms with Gasteiger partial charge in [0.15, 0.2) is 5.78 Å². The SMILES string of the molecule is CC(=O)c1cccc(N(CC(=O)N(Cc2ccc(Cl)cc2)[C@@H](C)C(=O)NCC(C)C)S(C)(=O)=O)c1. The number of benzene rings is 2. The van der Waals surface area contributed by atoms with Gasteiger partial charge in [0.1, 0.15) is 12.6 Å². The van der Waals surface area contributed by atoms with E-state index in [1.54, 1.807) is 43.3 Å². The van der Waals surface area contributed by atoms with Crippen LogP contribution in [-0.4, -0.2) is 56.3 Å². The van der Waals surface area contributed by atoms with Gasteiger partial charge in [0.05, 0.1) is 11.9 Å². The van der Waals surface area contributed by atoms with E-state index >= 15 is 0 Å². The minimum Gasteiger partial charge on any atom is -0.354 e. The molecule has 0 heterocycles. The Morgan fingerprint density at radius 3 is 2.20 bits per heavy atom. The van der Waals surface area contributed by atoms with E-state index in [2.05, 4.69) is 5.32 Å². The molecule has 0 aliphatic rings. The lowest BCUT2D eigenvalue weighted by Gasteiger charge is -2.31. The van der Waals surface area contributed by atoms with Gasteiger partial charge in [0, 0.05) is 23.7 Å². The zero-order valence-electron chi connectivity index (χ0n) is 20.6. The van der Waals surface area contributed by atoms with Crippen molar-refractivity contribution in [2.24, 2.45) is 5.92 Å². The first kappa shape index (κ1) is 28.3. The van der Waals surface area contributed by atoms with Gasteiger partial charge in [-0.25, -0.2) is 8.42 Å². The van der Waals surface area contributed by atoms with Gasteiger partial charge in [-0.2, -0.15) is 0 Å². The molecule has 35 heavy (non-hydrogen) atoms. The molecule has 2 aromatic rings. The normalized spacial score (nSPS) is 12.2. The summed E-state index contributed by atoms with van der Waals surface area (Å²) in [7, 11) is -3.88. The van der Waals surface area contributed by atoms with E-state index in [1.807, 2.05) is 13.8 Å². The number of halogens is 1. The fraction of sp³-hybridized carbons (Fsp3) is 0.400. The fourth-order valence-corrected chi connectivity index (χ4v) is 4.28. The minimum absolute atomic E-state index is 0.0807. The number of sulfonamides is 1. The molecular formula is C25H32ClN3O5S. The Labute approximate surface area is 212 Å². The highest BCUT2D eigenvalue weighted by Crippen LogP contribution is 2.21. The molecular weight excluding hydrogens is 490 g/mol. The summed E-state index contributed by atoms with van der Waals surface area (Å²) in [5, 5.41) is 3.35. The van der Waals surface area contributed by atoms with Gasteiger partial charge in [-0.15, -0.1) is 0 Å². The number of anilines is 1. The summed E-state index contributed by atoms with van der Waals surface area (Å²) < 4.78 is 26.2. The third-order valence-corrected chi connectivity index (χ3v) is 6.73. The predicted octanol–water partition coefficient (Wildman–Crippen LogP) is 3.50. The van der Waals surface area contributed by atoms with Crippen LogP contribution < -0.4 is 9.62 Å². The number of carbonyl (C=O) groups is 3. The van der Waals surface area contributed by atoms with Crippen molar-refractivity contribution in [1.82, 2.24) is 10.2 Å². The van der Waals surface area contributed by atoms with Crippen molar-refractivity contribution in [3.8, 4) is 0 Å². The highest BCUT2D eigenvalue weighted by atomic mass is 35.5. The lowest BCUT2D eigenvalue weighted by atomic mass is 10.1. The van der Waals surface area contributed by atoms with Crippen LogP contribution in [0.1, 0.15) is 43.6 Å². The molecule has 0 unspecified atom stereocenters.